The number of halogens is 2. The molecule has 144 valence electrons. The molecular weight excluding hydrogens is 352 g/mol. The van der Waals surface area contributed by atoms with Crippen molar-refractivity contribution in [3.63, 3.8) is 0 Å². The van der Waals surface area contributed by atoms with Gasteiger partial charge in [-0.15, -0.1) is 11.8 Å². The molecule has 0 aromatic heterocycles. The second-order valence-electron chi connectivity index (χ2n) is 6.47. The molecule has 1 aromatic carbocycles. The highest BCUT2D eigenvalue weighted by Crippen LogP contribution is 2.34. The predicted octanol–water partition coefficient (Wildman–Crippen LogP) is 3.91. The van der Waals surface area contributed by atoms with Crippen LogP contribution in [0.15, 0.2) is 36.4 Å². The number of amides is 1. The van der Waals surface area contributed by atoms with Crippen LogP contribution < -0.4 is 0 Å². The largest absolute Gasteiger partial charge is 0.478 e. The quantitative estimate of drug-likeness (QED) is 0.426. The van der Waals surface area contributed by atoms with Crippen LogP contribution in [0.1, 0.15) is 48.5 Å². The molecule has 27 heavy (non-hydrogen) atoms. The molecule has 1 aliphatic heterocycles. The zero-order valence-corrected chi connectivity index (χ0v) is 15.3. The SMILES string of the molecule is CC#CCCC/C=C/C1CC(F)(F)C(=O)N1CCc1ccc(C(=O)O)cc1. The average molecular weight is 375 g/mol. The van der Waals surface area contributed by atoms with Crippen LogP contribution in [0, 0.1) is 11.8 Å². The first kappa shape index (κ1) is 20.6. The Labute approximate surface area is 157 Å². The third-order valence-electron chi connectivity index (χ3n) is 4.49. The fourth-order valence-corrected chi connectivity index (χ4v) is 3.01. The first-order valence-corrected chi connectivity index (χ1v) is 8.92. The topological polar surface area (TPSA) is 57.6 Å². The van der Waals surface area contributed by atoms with Crippen molar-refractivity contribution in [2.24, 2.45) is 0 Å². The Bertz CT molecular complexity index is 760. The Balaban J connectivity index is 1.97. The second kappa shape index (κ2) is 9.31. The van der Waals surface area contributed by atoms with E-state index in [1.54, 1.807) is 25.1 Å². The van der Waals surface area contributed by atoms with E-state index in [0.29, 0.717) is 6.42 Å². The van der Waals surface area contributed by atoms with Gasteiger partial charge >= 0.3 is 11.9 Å². The summed E-state index contributed by atoms with van der Waals surface area (Å²) < 4.78 is 27.7. The lowest BCUT2D eigenvalue weighted by Crippen LogP contribution is -2.37. The number of carbonyl (C=O) groups excluding carboxylic acids is 1. The van der Waals surface area contributed by atoms with E-state index >= 15 is 0 Å². The Morgan fingerprint density at radius 1 is 1.37 bits per heavy atom. The van der Waals surface area contributed by atoms with E-state index in [0.717, 1.165) is 24.8 Å². The highest BCUT2D eigenvalue weighted by atomic mass is 19.3. The van der Waals surface area contributed by atoms with E-state index in [9.17, 15) is 18.4 Å². The molecule has 1 heterocycles. The smallest absolute Gasteiger partial charge is 0.335 e. The van der Waals surface area contributed by atoms with Gasteiger partial charge in [0.15, 0.2) is 0 Å². The third kappa shape index (κ3) is 5.65. The van der Waals surface area contributed by atoms with Crippen LogP contribution in [0.5, 0.6) is 0 Å². The zero-order chi connectivity index (χ0) is 19.9. The second-order valence-corrected chi connectivity index (χ2v) is 6.47. The average Bonchev–Trinajstić information content (AvgIpc) is 2.85. The van der Waals surface area contributed by atoms with Crippen molar-refractivity contribution in [3.05, 3.63) is 47.5 Å². The minimum Gasteiger partial charge on any atom is -0.478 e. The molecule has 1 unspecified atom stereocenters. The maximum Gasteiger partial charge on any atom is 0.335 e. The summed E-state index contributed by atoms with van der Waals surface area (Å²) in [6, 6.07) is 5.59. The Morgan fingerprint density at radius 3 is 2.70 bits per heavy atom. The lowest BCUT2D eigenvalue weighted by molar-refractivity contribution is -0.148. The molecule has 0 radical (unpaired) electrons. The lowest BCUT2D eigenvalue weighted by Gasteiger charge is -2.21. The summed E-state index contributed by atoms with van der Waals surface area (Å²) in [6.45, 7) is 1.94. The van der Waals surface area contributed by atoms with Gasteiger partial charge < -0.3 is 10.0 Å². The number of rotatable bonds is 8. The van der Waals surface area contributed by atoms with Crippen molar-refractivity contribution >= 4 is 11.9 Å². The van der Waals surface area contributed by atoms with E-state index in [4.69, 9.17) is 5.11 Å². The number of carbonyl (C=O) groups is 2. The third-order valence-corrected chi connectivity index (χ3v) is 4.49. The molecular formula is C21H23F2NO3. The van der Waals surface area contributed by atoms with E-state index < -0.39 is 30.3 Å². The summed E-state index contributed by atoms with van der Waals surface area (Å²) >= 11 is 0. The van der Waals surface area contributed by atoms with Gasteiger partial charge in [0.05, 0.1) is 11.6 Å². The molecule has 1 amide bonds. The molecule has 2 rings (SSSR count). The van der Waals surface area contributed by atoms with Crippen molar-refractivity contribution < 1.29 is 23.5 Å². The molecule has 0 saturated carbocycles. The number of benzene rings is 1. The standard InChI is InChI=1S/C21H23F2NO3/c1-2-3-4-5-6-7-8-18-15-21(22,23)20(27)24(18)14-13-16-9-11-17(12-10-16)19(25)26/h7-12,18H,4-6,13-15H2,1H3,(H,25,26)/b8-7+. The van der Waals surface area contributed by atoms with E-state index in [-0.39, 0.29) is 12.1 Å². The molecule has 1 N–H and O–H groups in total. The lowest BCUT2D eigenvalue weighted by atomic mass is 10.1. The number of carboxylic acid groups (broad SMARTS) is 1. The van der Waals surface area contributed by atoms with E-state index in [1.807, 2.05) is 6.08 Å². The summed E-state index contributed by atoms with van der Waals surface area (Å²) in [5, 5.41) is 8.90. The number of hydrogen-bond acceptors (Lipinski definition) is 2. The summed E-state index contributed by atoms with van der Waals surface area (Å²) in [5.41, 5.74) is 0.958. The number of unbranched alkanes of at least 4 members (excludes halogenated alkanes) is 2. The zero-order valence-electron chi connectivity index (χ0n) is 15.3. The van der Waals surface area contributed by atoms with Crippen LogP contribution in [-0.2, 0) is 11.2 Å². The minimum atomic E-state index is -3.34. The van der Waals surface area contributed by atoms with Gasteiger partial charge in [0.25, 0.3) is 5.91 Å². The van der Waals surface area contributed by atoms with Gasteiger partial charge in [-0.2, -0.15) is 8.78 Å². The number of carboxylic acids is 1. The number of likely N-dealkylation sites (tertiary alicyclic amines) is 1. The number of nitrogens with zero attached hydrogens (tertiary/aromatic N) is 1. The molecule has 1 fully saturated rings. The van der Waals surface area contributed by atoms with Crippen molar-refractivity contribution in [2.45, 2.75) is 51.0 Å². The van der Waals surface area contributed by atoms with Crippen LogP contribution >= 0.6 is 0 Å². The van der Waals surface area contributed by atoms with Gasteiger partial charge in [0.2, 0.25) is 0 Å². The Morgan fingerprint density at radius 2 is 2.07 bits per heavy atom. The Hall–Kier alpha value is -2.68. The monoisotopic (exact) mass is 375 g/mol. The summed E-state index contributed by atoms with van der Waals surface area (Å²) in [4.78, 5) is 24.1. The first-order chi connectivity index (χ1) is 12.8. The molecule has 1 aliphatic rings. The van der Waals surface area contributed by atoms with Crippen molar-refractivity contribution in [1.82, 2.24) is 4.90 Å². The molecule has 0 bridgehead atoms. The van der Waals surface area contributed by atoms with Gasteiger partial charge in [-0.1, -0.05) is 24.3 Å². The number of alkyl halides is 2. The van der Waals surface area contributed by atoms with Gasteiger partial charge in [0, 0.05) is 19.4 Å². The van der Waals surface area contributed by atoms with Crippen LogP contribution in [0.25, 0.3) is 0 Å². The van der Waals surface area contributed by atoms with Crippen molar-refractivity contribution in [3.8, 4) is 11.8 Å². The van der Waals surface area contributed by atoms with Gasteiger partial charge in [-0.3, -0.25) is 4.79 Å². The highest BCUT2D eigenvalue weighted by molar-refractivity contribution is 5.87. The van der Waals surface area contributed by atoms with Crippen LogP contribution in [0.3, 0.4) is 0 Å². The van der Waals surface area contributed by atoms with Gasteiger partial charge in [-0.25, -0.2) is 4.79 Å². The maximum absolute atomic E-state index is 13.9. The number of allylic oxidation sites excluding steroid dienone is 1. The predicted molar refractivity (Wildman–Crippen MR) is 98.6 cm³/mol. The highest BCUT2D eigenvalue weighted by Gasteiger charge is 2.52. The van der Waals surface area contributed by atoms with Crippen LogP contribution in [-0.4, -0.2) is 40.4 Å². The molecule has 1 aromatic rings. The molecule has 6 heteroatoms. The van der Waals surface area contributed by atoms with Crippen LogP contribution in [0.2, 0.25) is 0 Å². The van der Waals surface area contributed by atoms with Gasteiger partial charge in [-0.05, 0) is 43.9 Å². The summed E-state index contributed by atoms with van der Waals surface area (Å²) in [7, 11) is 0. The summed E-state index contributed by atoms with van der Waals surface area (Å²) in [6.07, 6.45) is 5.75. The van der Waals surface area contributed by atoms with Gasteiger partial charge in [0.1, 0.15) is 0 Å². The maximum atomic E-state index is 13.9. The van der Waals surface area contributed by atoms with Crippen molar-refractivity contribution in [2.75, 3.05) is 6.54 Å². The van der Waals surface area contributed by atoms with Crippen molar-refractivity contribution in [1.29, 1.82) is 0 Å². The summed E-state index contributed by atoms with van der Waals surface area (Å²) in [5.74, 6) is 0.254. The minimum absolute atomic E-state index is 0.163. The molecule has 4 nitrogen and oxygen atoms in total. The molecule has 1 saturated heterocycles. The fourth-order valence-electron chi connectivity index (χ4n) is 3.01. The fraction of sp³-hybridized carbons (Fsp3) is 0.429. The number of aromatic carboxylic acids is 1. The van der Waals surface area contributed by atoms with E-state index in [1.165, 1.54) is 17.0 Å². The molecule has 0 aliphatic carbocycles. The first-order valence-electron chi connectivity index (χ1n) is 8.92. The molecule has 1 atom stereocenters. The molecule has 0 spiro atoms. The normalized spacial score (nSPS) is 18.6. The Kier molecular flexibility index (Phi) is 7.12. The van der Waals surface area contributed by atoms with Crippen LogP contribution in [0.4, 0.5) is 8.78 Å². The van der Waals surface area contributed by atoms with E-state index in [2.05, 4.69) is 11.8 Å². The number of hydrogen-bond donors (Lipinski definition) is 1.